The van der Waals surface area contributed by atoms with Crippen molar-refractivity contribution in [3.05, 3.63) is 24.4 Å². The van der Waals surface area contributed by atoms with Crippen LogP contribution in [0, 0.1) is 0 Å². The maximum absolute atomic E-state index is 11.1. The minimum Gasteiger partial charge on any atom is -0.376 e. The van der Waals surface area contributed by atoms with Crippen LogP contribution in [-0.2, 0) is 9.53 Å². The molecular weight excluding hydrogens is 314 g/mol. The van der Waals surface area contributed by atoms with Gasteiger partial charge in [0.25, 0.3) is 0 Å². The second-order valence-electron chi connectivity index (χ2n) is 6.65. The second kappa shape index (κ2) is 8.94. The van der Waals surface area contributed by atoms with E-state index in [9.17, 15) is 4.79 Å². The van der Waals surface area contributed by atoms with Crippen molar-refractivity contribution in [2.75, 3.05) is 6.61 Å². The predicted octanol–water partition coefficient (Wildman–Crippen LogP) is 5.16. The summed E-state index contributed by atoms with van der Waals surface area (Å²) in [7, 11) is 3.53. The zero-order chi connectivity index (χ0) is 16.6. The van der Waals surface area contributed by atoms with Gasteiger partial charge in [0.05, 0.1) is 5.60 Å². The molecular formula is C17H27NO2S2. The molecule has 124 valence electrons. The Kier molecular flexibility index (Phi) is 7.94. The highest BCUT2D eigenvalue weighted by Gasteiger charge is 2.23. The van der Waals surface area contributed by atoms with Crippen LogP contribution >= 0.6 is 21.6 Å². The Morgan fingerprint density at radius 3 is 2.55 bits per heavy atom. The first-order chi connectivity index (χ1) is 10.2. The van der Waals surface area contributed by atoms with Gasteiger partial charge in [-0.25, -0.2) is 4.98 Å². The van der Waals surface area contributed by atoms with Crippen molar-refractivity contribution in [2.24, 2.45) is 0 Å². The van der Waals surface area contributed by atoms with E-state index in [1.54, 1.807) is 17.7 Å². The molecule has 1 aromatic heterocycles. The van der Waals surface area contributed by atoms with Crippen molar-refractivity contribution < 1.29 is 9.53 Å². The Morgan fingerprint density at radius 1 is 1.23 bits per heavy atom. The summed E-state index contributed by atoms with van der Waals surface area (Å²) in [4.78, 5) is 15.4. The average Bonchev–Trinajstić information content (AvgIpc) is 2.44. The van der Waals surface area contributed by atoms with Crippen molar-refractivity contribution in [2.45, 2.75) is 69.3 Å². The third-order valence-corrected chi connectivity index (χ3v) is 6.53. The van der Waals surface area contributed by atoms with Gasteiger partial charge >= 0.3 is 0 Å². The van der Waals surface area contributed by atoms with Crippen LogP contribution < -0.4 is 0 Å². The molecule has 0 amide bonds. The van der Waals surface area contributed by atoms with E-state index in [2.05, 4.69) is 32.7 Å². The van der Waals surface area contributed by atoms with Gasteiger partial charge in [-0.1, -0.05) is 16.9 Å². The number of ketones is 1. The van der Waals surface area contributed by atoms with Gasteiger partial charge in [-0.15, -0.1) is 0 Å². The average molecular weight is 342 g/mol. The second-order valence-corrected chi connectivity index (χ2v) is 9.51. The summed E-state index contributed by atoms with van der Waals surface area (Å²) in [5.74, 6) is 0.222. The Hall–Kier alpha value is -0.520. The Morgan fingerprint density at radius 2 is 1.95 bits per heavy atom. The number of carbonyl (C=O) groups is 1. The smallest absolute Gasteiger partial charge is 0.129 e. The summed E-state index contributed by atoms with van der Waals surface area (Å²) < 4.78 is 6.09. The van der Waals surface area contributed by atoms with Gasteiger partial charge in [-0.3, -0.25) is 0 Å². The largest absolute Gasteiger partial charge is 0.376 e. The summed E-state index contributed by atoms with van der Waals surface area (Å²) in [6, 6.07) is 5.95. The Bertz CT molecular complexity index is 461. The number of hydrogen-bond donors (Lipinski definition) is 0. The molecule has 0 spiro atoms. The molecule has 0 bridgehead atoms. The molecule has 1 rings (SSSR count). The molecule has 0 aliphatic carbocycles. The zero-order valence-corrected chi connectivity index (χ0v) is 15.9. The number of nitrogens with zero attached hydrogens (tertiary/aromatic N) is 1. The normalized spacial score (nSPS) is 12.4. The number of rotatable bonds is 10. The number of carbonyl (C=O) groups excluding carboxylic acids is 1. The van der Waals surface area contributed by atoms with E-state index in [0.29, 0.717) is 13.0 Å². The number of pyridine rings is 1. The number of Topliss-reactive ketones (excluding diaryl/α,β-unsaturated/α-hetero) is 1. The van der Waals surface area contributed by atoms with E-state index < -0.39 is 0 Å². The van der Waals surface area contributed by atoms with Crippen molar-refractivity contribution in [3.63, 3.8) is 0 Å². The van der Waals surface area contributed by atoms with Gasteiger partial charge in [0.15, 0.2) is 0 Å². The molecule has 0 saturated heterocycles. The van der Waals surface area contributed by atoms with Crippen molar-refractivity contribution >= 4 is 27.4 Å². The number of aromatic nitrogens is 1. The summed E-state index contributed by atoms with van der Waals surface area (Å²) in [5, 5.41) is 1.03. The molecule has 5 heteroatoms. The molecule has 22 heavy (non-hydrogen) atoms. The van der Waals surface area contributed by atoms with Crippen LogP contribution in [0.25, 0.3) is 0 Å². The van der Waals surface area contributed by atoms with Gasteiger partial charge in [-0.2, -0.15) is 0 Å². The molecule has 1 aromatic rings. The molecule has 0 fully saturated rings. The van der Waals surface area contributed by atoms with Crippen LogP contribution in [0.4, 0.5) is 0 Å². The highest BCUT2D eigenvalue weighted by Crippen LogP contribution is 2.41. The lowest BCUT2D eigenvalue weighted by Gasteiger charge is -2.28. The van der Waals surface area contributed by atoms with Gasteiger partial charge in [0.2, 0.25) is 0 Å². The Balaban J connectivity index is 2.31. The molecule has 0 atom stereocenters. The van der Waals surface area contributed by atoms with Crippen LogP contribution in [0.5, 0.6) is 0 Å². The fourth-order valence-corrected chi connectivity index (χ4v) is 3.91. The zero-order valence-electron chi connectivity index (χ0n) is 14.2. The predicted molar refractivity (Wildman–Crippen MR) is 96.3 cm³/mol. The minimum absolute atomic E-state index is 0.110. The molecule has 3 nitrogen and oxygen atoms in total. The van der Waals surface area contributed by atoms with E-state index in [4.69, 9.17) is 4.74 Å². The number of ether oxygens (including phenoxy) is 1. The monoisotopic (exact) mass is 341 g/mol. The van der Waals surface area contributed by atoms with Gasteiger partial charge in [-0.05, 0) is 70.4 Å². The van der Waals surface area contributed by atoms with Crippen LogP contribution in [0.15, 0.2) is 29.4 Å². The SMILES string of the molecule is CC(=O)CCC(C)(C)OCCC(C)(C)SSc1ccccn1. The van der Waals surface area contributed by atoms with E-state index in [-0.39, 0.29) is 16.1 Å². The number of hydrogen-bond acceptors (Lipinski definition) is 5. The lowest BCUT2D eigenvalue weighted by molar-refractivity contribution is -0.118. The lowest BCUT2D eigenvalue weighted by atomic mass is 10.0. The molecule has 0 radical (unpaired) electrons. The highest BCUT2D eigenvalue weighted by atomic mass is 33.1. The lowest BCUT2D eigenvalue weighted by Crippen LogP contribution is -2.28. The molecule has 0 unspecified atom stereocenters. The van der Waals surface area contributed by atoms with Crippen LogP contribution in [0.2, 0.25) is 0 Å². The standard InChI is InChI=1S/C17H27NO2S2/c1-14(19)9-10-16(2,3)20-13-11-17(4,5)22-21-15-8-6-7-12-18-15/h6-8,12H,9-11,13H2,1-5H3. The van der Waals surface area contributed by atoms with Crippen molar-refractivity contribution in [1.29, 1.82) is 0 Å². The summed E-state index contributed by atoms with van der Waals surface area (Å²) in [6.07, 6.45) is 4.14. The van der Waals surface area contributed by atoms with Crippen molar-refractivity contribution in [1.82, 2.24) is 4.98 Å². The highest BCUT2D eigenvalue weighted by molar-refractivity contribution is 8.77. The van der Waals surface area contributed by atoms with E-state index in [1.165, 1.54) is 0 Å². The van der Waals surface area contributed by atoms with Crippen molar-refractivity contribution in [3.8, 4) is 0 Å². The molecule has 1 heterocycles. The first-order valence-corrected chi connectivity index (χ1v) is 9.75. The fourth-order valence-electron chi connectivity index (χ4n) is 1.72. The Labute approximate surface area is 142 Å². The third-order valence-electron chi connectivity index (χ3n) is 3.27. The molecule has 0 aliphatic heterocycles. The van der Waals surface area contributed by atoms with Crippen LogP contribution in [0.3, 0.4) is 0 Å². The molecule has 0 saturated carbocycles. The summed E-state index contributed by atoms with van der Waals surface area (Å²) >= 11 is 0. The maximum Gasteiger partial charge on any atom is 0.129 e. The fraction of sp³-hybridized carbons (Fsp3) is 0.647. The van der Waals surface area contributed by atoms with Gasteiger partial charge in [0.1, 0.15) is 10.8 Å². The third kappa shape index (κ3) is 8.81. The topological polar surface area (TPSA) is 39.2 Å². The van der Waals surface area contributed by atoms with Crippen LogP contribution in [-0.4, -0.2) is 27.7 Å². The van der Waals surface area contributed by atoms with Gasteiger partial charge < -0.3 is 9.53 Å². The van der Waals surface area contributed by atoms with Gasteiger partial charge in [0, 0.05) is 24.0 Å². The molecule has 0 aliphatic rings. The summed E-state index contributed by atoms with van der Waals surface area (Å²) in [5.41, 5.74) is -0.236. The van der Waals surface area contributed by atoms with E-state index in [0.717, 1.165) is 17.9 Å². The first kappa shape index (κ1) is 19.5. The first-order valence-electron chi connectivity index (χ1n) is 7.60. The van der Waals surface area contributed by atoms with E-state index >= 15 is 0 Å². The summed E-state index contributed by atoms with van der Waals surface area (Å²) in [6.45, 7) is 10.9. The maximum atomic E-state index is 11.1. The molecule has 0 aromatic carbocycles. The quantitative estimate of drug-likeness (QED) is 0.550. The molecule has 0 N–H and O–H groups in total. The van der Waals surface area contributed by atoms with Crippen LogP contribution in [0.1, 0.15) is 53.9 Å². The van der Waals surface area contributed by atoms with E-state index in [1.807, 2.05) is 35.2 Å². The minimum atomic E-state index is -0.236.